The van der Waals surface area contributed by atoms with E-state index < -0.39 is 49.7 Å². The largest absolute Gasteiger partial charge is 0.480 e. The van der Waals surface area contributed by atoms with Gasteiger partial charge in [-0.25, -0.2) is 4.79 Å². The number of carbonyl (C=O) groups excluding carboxylic acids is 1. The van der Waals surface area contributed by atoms with Crippen molar-refractivity contribution in [3.63, 3.8) is 0 Å². The lowest BCUT2D eigenvalue weighted by molar-refractivity contribution is -0.142. The van der Waals surface area contributed by atoms with Crippen molar-refractivity contribution < 1.29 is 37.8 Å². The molecule has 0 heterocycles. The fraction of sp³-hybridized carbons (Fsp3) is 0.667. The summed E-state index contributed by atoms with van der Waals surface area (Å²) < 4.78 is 36.1. The van der Waals surface area contributed by atoms with Gasteiger partial charge in [0, 0.05) is 6.04 Å². The lowest BCUT2D eigenvalue weighted by Crippen LogP contribution is -2.48. The average Bonchev–Trinajstić information content (AvgIpc) is 2.11. The summed E-state index contributed by atoms with van der Waals surface area (Å²) in [6.07, 6.45) is -5.79. The van der Waals surface area contributed by atoms with Crippen molar-refractivity contribution in [3.05, 3.63) is 0 Å². The second kappa shape index (κ2) is 6.81. The molecule has 3 N–H and O–H groups in total. The van der Waals surface area contributed by atoms with Crippen LogP contribution in [0, 0.1) is 0 Å². The Labute approximate surface area is 106 Å². The van der Waals surface area contributed by atoms with Crippen LogP contribution in [0.3, 0.4) is 0 Å². The first-order chi connectivity index (χ1) is 8.51. The number of carbonyl (C=O) groups is 3. The van der Waals surface area contributed by atoms with Crippen molar-refractivity contribution in [1.82, 2.24) is 10.2 Å². The van der Waals surface area contributed by atoms with Gasteiger partial charge >= 0.3 is 24.1 Å². The first kappa shape index (κ1) is 17.0. The number of hydrogen-bond donors (Lipinski definition) is 3. The molecule has 0 spiro atoms. The third-order valence-corrected chi connectivity index (χ3v) is 1.85. The second-order valence-electron chi connectivity index (χ2n) is 3.81. The molecule has 0 fully saturated rings. The van der Waals surface area contributed by atoms with Crippen LogP contribution in [-0.2, 0) is 9.59 Å². The summed E-state index contributed by atoms with van der Waals surface area (Å²) in [4.78, 5) is 32.6. The highest BCUT2D eigenvalue weighted by molar-refractivity contribution is 5.84. The van der Waals surface area contributed by atoms with Gasteiger partial charge in [0.2, 0.25) is 0 Å². The SMILES string of the molecule is CC(CC(F)(F)F)NC(=O)N(CC(=O)O)CC(=O)O. The van der Waals surface area contributed by atoms with Crippen molar-refractivity contribution in [2.24, 2.45) is 0 Å². The molecule has 10 heteroatoms. The molecule has 0 rings (SSSR count). The molecule has 0 aromatic heterocycles. The fourth-order valence-corrected chi connectivity index (χ4v) is 1.23. The number of halogens is 3. The molecule has 0 aliphatic rings. The van der Waals surface area contributed by atoms with Crippen molar-refractivity contribution in [3.8, 4) is 0 Å². The number of nitrogens with one attached hydrogen (secondary N) is 1. The van der Waals surface area contributed by atoms with Gasteiger partial charge in [-0.05, 0) is 6.92 Å². The maximum atomic E-state index is 12.0. The molecule has 110 valence electrons. The molecule has 0 aromatic carbocycles. The fourth-order valence-electron chi connectivity index (χ4n) is 1.23. The Morgan fingerprint density at radius 2 is 1.58 bits per heavy atom. The zero-order valence-electron chi connectivity index (χ0n) is 9.90. The Balaban J connectivity index is 4.54. The van der Waals surface area contributed by atoms with E-state index in [1.54, 1.807) is 0 Å². The summed E-state index contributed by atoms with van der Waals surface area (Å²) in [5, 5.41) is 18.8. The Kier molecular flexibility index (Phi) is 6.09. The maximum absolute atomic E-state index is 12.0. The van der Waals surface area contributed by atoms with Gasteiger partial charge in [0.15, 0.2) is 0 Å². The van der Waals surface area contributed by atoms with Gasteiger partial charge in [-0.2, -0.15) is 13.2 Å². The summed E-state index contributed by atoms with van der Waals surface area (Å²) >= 11 is 0. The molecule has 0 aromatic rings. The Morgan fingerprint density at radius 3 is 1.89 bits per heavy atom. The number of aliphatic carboxylic acids is 2. The van der Waals surface area contributed by atoms with Gasteiger partial charge in [0.25, 0.3) is 0 Å². The van der Waals surface area contributed by atoms with Gasteiger partial charge < -0.3 is 20.4 Å². The minimum absolute atomic E-state index is 0.386. The van der Waals surface area contributed by atoms with Crippen LogP contribution in [0.4, 0.5) is 18.0 Å². The number of hydrogen-bond acceptors (Lipinski definition) is 3. The normalized spacial score (nSPS) is 12.6. The molecule has 1 unspecified atom stereocenters. The lowest BCUT2D eigenvalue weighted by atomic mass is 10.2. The molecular formula is C9H13F3N2O5. The van der Waals surface area contributed by atoms with Crippen molar-refractivity contribution in [1.29, 1.82) is 0 Å². The predicted octanol–water partition coefficient (Wildman–Crippen LogP) is 0.508. The summed E-state index contributed by atoms with van der Waals surface area (Å²) in [6, 6.07) is -2.47. The lowest BCUT2D eigenvalue weighted by Gasteiger charge is -2.22. The van der Waals surface area contributed by atoms with Crippen LogP contribution in [-0.4, -0.2) is 58.4 Å². The van der Waals surface area contributed by atoms with Crippen LogP contribution in [0.2, 0.25) is 0 Å². The van der Waals surface area contributed by atoms with E-state index in [2.05, 4.69) is 0 Å². The molecule has 0 aliphatic heterocycles. The highest BCUT2D eigenvalue weighted by Crippen LogP contribution is 2.21. The summed E-state index contributed by atoms with van der Waals surface area (Å²) in [5.41, 5.74) is 0. The number of nitrogens with zero attached hydrogens (tertiary/aromatic N) is 1. The molecule has 1 atom stereocenters. The monoisotopic (exact) mass is 286 g/mol. The van der Waals surface area contributed by atoms with E-state index in [-0.39, 0.29) is 0 Å². The highest BCUT2D eigenvalue weighted by Gasteiger charge is 2.31. The summed E-state index contributed by atoms with van der Waals surface area (Å²) in [7, 11) is 0. The number of rotatable bonds is 6. The number of carboxylic acids is 2. The number of amides is 2. The van der Waals surface area contributed by atoms with Gasteiger partial charge in [-0.3, -0.25) is 9.59 Å². The summed E-state index contributed by atoms with van der Waals surface area (Å²) in [5.74, 6) is -2.94. The average molecular weight is 286 g/mol. The topological polar surface area (TPSA) is 107 Å². The zero-order chi connectivity index (χ0) is 15.2. The van der Waals surface area contributed by atoms with E-state index in [9.17, 15) is 27.6 Å². The minimum Gasteiger partial charge on any atom is -0.480 e. The molecule has 7 nitrogen and oxygen atoms in total. The van der Waals surface area contributed by atoms with Crippen molar-refractivity contribution in [2.75, 3.05) is 13.1 Å². The Morgan fingerprint density at radius 1 is 1.16 bits per heavy atom. The molecule has 2 amide bonds. The smallest absolute Gasteiger partial charge is 0.391 e. The van der Waals surface area contributed by atoms with Crippen molar-refractivity contribution >= 4 is 18.0 Å². The molecule has 0 bridgehead atoms. The highest BCUT2D eigenvalue weighted by atomic mass is 19.4. The van der Waals surface area contributed by atoms with Gasteiger partial charge in [0.1, 0.15) is 13.1 Å². The number of alkyl halides is 3. The van der Waals surface area contributed by atoms with Crippen molar-refractivity contribution in [2.45, 2.75) is 25.6 Å². The first-order valence-corrected chi connectivity index (χ1v) is 5.07. The molecule has 19 heavy (non-hydrogen) atoms. The first-order valence-electron chi connectivity index (χ1n) is 5.07. The van der Waals surface area contributed by atoms with Crippen LogP contribution < -0.4 is 5.32 Å². The quantitative estimate of drug-likeness (QED) is 0.659. The van der Waals surface area contributed by atoms with E-state index in [1.165, 1.54) is 0 Å². The van der Waals surface area contributed by atoms with E-state index in [4.69, 9.17) is 10.2 Å². The van der Waals surface area contributed by atoms with Crippen LogP contribution in [0.5, 0.6) is 0 Å². The van der Waals surface area contributed by atoms with Gasteiger partial charge in [0.05, 0.1) is 6.42 Å². The van der Waals surface area contributed by atoms with E-state index in [0.29, 0.717) is 4.90 Å². The standard InChI is InChI=1S/C9H13F3N2O5/c1-5(2-9(10,11)12)13-8(19)14(3-6(15)16)4-7(17)18/h5H,2-4H2,1H3,(H,13,19)(H,15,16)(H,17,18). The minimum atomic E-state index is -4.49. The Hall–Kier alpha value is -2.00. The maximum Gasteiger partial charge on any atom is 0.391 e. The summed E-state index contributed by atoms with van der Waals surface area (Å²) in [6.45, 7) is -0.765. The Bertz CT molecular complexity index is 342. The van der Waals surface area contributed by atoms with Crippen LogP contribution >= 0.6 is 0 Å². The second-order valence-corrected chi connectivity index (χ2v) is 3.81. The number of carboxylic acid groups (broad SMARTS) is 2. The van der Waals surface area contributed by atoms with E-state index in [0.717, 1.165) is 6.92 Å². The molecule has 0 saturated carbocycles. The van der Waals surface area contributed by atoms with Gasteiger partial charge in [-0.15, -0.1) is 0 Å². The number of urea groups is 1. The third-order valence-electron chi connectivity index (χ3n) is 1.85. The van der Waals surface area contributed by atoms with Crippen LogP contribution in [0.1, 0.15) is 13.3 Å². The predicted molar refractivity (Wildman–Crippen MR) is 55.5 cm³/mol. The zero-order valence-corrected chi connectivity index (χ0v) is 9.90. The van der Waals surface area contributed by atoms with Crippen LogP contribution in [0.25, 0.3) is 0 Å². The molecular weight excluding hydrogens is 273 g/mol. The van der Waals surface area contributed by atoms with E-state index in [1.807, 2.05) is 5.32 Å². The molecule has 0 aliphatic carbocycles. The van der Waals surface area contributed by atoms with Gasteiger partial charge in [-0.1, -0.05) is 0 Å². The molecule has 0 saturated heterocycles. The third kappa shape index (κ3) is 8.69. The van der Waals surface area contributed by atoms with E-state index >= 15 is 0 Å². The van der Waals surface area contributed by atoms with Crippen LogP contribution in [0.15, 0.2) is 0 Å². The molecule has 0 radical (unpaired) electrons.